The number of rotatable bonds is 4. The lowest BCUT2D eigenvalue weighted by atomic mass is 10.0. The molecule has 0 saturated carbocycles. The predicted octanol–water partition coefficient (Wildman–Crippen LogP) is 3.34. The first-order chi connectivity index (χ1) is 11.1. The number of phenolic OH excluding ortho intramolecular Hbond substituents is 1. The molecule has 2 aromatic rings. The summed E-state index contributed by atoms with van der Waals surface area (Å²) in [5.41, 5.74) is -0.363. The van der Waals surface area contributed by atoms with Crippen LogP contribution in [0.15, 0.2) is 29.6 Å². The van der Waals surface area contributed by atoms with E-state index in [2.05, 4.69) is 10.2 Å². The van der Waals surface area contributed by atoms with E-state index < -0.39 is 28.2 Å². The van der Waals surface area contributed by atoms with Crippen molar-refractivity contribution < 1.29 is 14.4 Å². The van der Waals surface area contributed by atoms with Crippen LogP contribution in [0.25, 0.3) is 0 Å². The van der Waals surface area contributed by atoms with Gasteiger partial charge in [-0.1, -0.05) is 6.07 Å². The van der Waals surface area contributed by atoms with E-state index in [-0.39, 0.29) is 30.4 Å². The maximum absolute atomic E-state index is 13.9. The quantitative estimate of drug-likeness (QED) is 0.597. The molecule has 0 unspecified atom stereocenters. The van der Waals surface area contributed by atoms with E-state index in [9.17, 15) is 19.6 Å². The fourth-order valence-corrected chi connectivity index (χ4v) is 3.75. The van der Waals surface area contributed by atoms with Crippen LogP contribution in [0.3, 0.4) is 0 Å². The third-order valence-electron chi connectivity index (χ3n) is 3.90. The first-order valence-corrected chi connectivity index (χ1v) is 8.11. The molecule has 138 valence electrons. The van der Waals surface area contributed by atoms with Gasteiger partial charge in [-0.25, -0.2) is 4.39 Å². The SMILES string of the molecule is Cl.Cl.O=[N+]([O-])c1cc(F)cc([C@H](c2cccs2)N2CCNCC2)c1O. The molecule has 2 heterocycles. The Balaban J connectivity index is 0.00000156. The molecule has 0 bridgehead atoms. The average Bonchev–Trinajstić information content (AvgIpc) is 3.05. The zero-order valence-electron chi connectivity index (χ0n) is 13.1. The summed E-state index contributed by atoms with van der Waals surface area (Å²) in [7, 11) is 0. The van der Waals surface area contributed by atoms with Gasteiger partial charge in [0, 0.05) is 36.6 Å². The minimum Gasteiger partial charge on any atom is -0.502 e. The first-order valence-electron chi connectivity index (χ1n) is 7.23. The van der Waals surface area contributed by atoms with Crippen molar-refractivity contribution in [3.63, 3.8) is 0 Å². The number of nitro groups is 1. The topological polar surface area (TPSA) is 78.6 Å². The van der Waals surface area contributed by atoms with Crippen LogP contribution in [0.1, 0.15) is 16.5 Å². The second kappa shape index (κ2) is 9.30. The minimum absolute atomic E-state index is 0. The number of nitrogens with zero attached hydrogens (tertiary/aromatic N) is 2. The Kier molecular flexibility index (Phi) is 8.04. The maximum atomic E-state index is 13.9. The third-order valence-corrected chi connectivity index (χ3v) is 4.83. The average molecular weight is 410 g/mol. The van der Waals surface area contributed by atoms with E-state index in [1.165, 1.54) is 17.4 Å². The molecule has 2 N–H and O–H groups in total. The van der Waals surface area contributed by atoms with Gasteiger partial charge in [-0.15, -0.1) is 36.2 Å². The number of hydrogen-bond donors (Lipinski definition) is 2. The van der Waals surface area contributed by atoms with Crippen LogP contribution in [0.4, 0.5) is 10.1 Å². The highest BCUT2D eigenvalue weighted by molar-refractivity contribution is 7.10. The highest BCUT2D eigenvalue weighted by atomic mass is 35.5. The summed E-state index contributed by atoms with van der Waals surface area (Å²) in [4.78, 5) is 13.3. The van der Waals surface area contributed by atoms with Crippen LogP contribution in [-0.4, -0.2) is 41.1 Å². The molecule has 0 spiro atoms. The molecular formula is C15H18Cl2FN3O3S. The number of piperazine rings is 1. The second-order valence-corrected chi connectivity index (χ2v) is 6.30. The number of phenols is 1. The van der Waals surface area contributed by atoms with Crippen LogP contribution < -0.4 is 5.32 Å². The standard InChI is InChI=1S/C15H16FN3O3S.2ClH/c16-10-8-11(15(20)12(9-10)19(21)22)14(13-2-1-7-23-13)18-5-3-17-4-6-18;;/h1-2,7-9,14,17,20H,3-6H2;2*1H/t14-;;/m1../s1. The van der Waals surface area contributed by atoms with E-state index in [1.54, 1.807) is 0 Å². The van der Waals surface area contributed by atoms with Gasteiger partial charge in [0.15, 0.2) is 5.75 Å². The Morgan fingerprint density at radius 2 is 2.00 bits per heavy atom. The van der Waals surface area contributed by atoms with Crippen molar-refractivity contribution >= 4 is 41.8 Å². The van der Waals surface area contributed by atoms with E-state index in [1.807, 2.05) is 17.5 Å². The van der Waals surface area contributed by atoms with Gasteiger partial charge in [-0.3, -0.25) is 15.0 Å². The number of halogens is 3. The molecule has 0 amide bonds. The number of thiophene rings is 1. The van der Waals surface area contributed by atoms with Crippen LogP contribution in [0, 0.1) is 15.9 Å². The van der Waals surface area contributed by atoms with Gasteiger partial charge >= 0.3 is 5.69 Å². The zero-order chi connectivity index (χ0) is 16.4. The molecule has 3 rings (SSSR count). The summed E-state index contributed by atoms with van der Waals surface area (Å²) in [6.07, 6.45) is 0. The highest BCUT2D eigenvalue weighted by Gasteiger charge is 2.31. The van der Waals surface area contributed by atoms with Crippen LogP contribution >= 0.6 is 36.2 Å². The number of hydrogen-bond acceptors (Lipinski definition) is 6. The van der Waals surface area contributed by atoms with Gasteiger partial charge in [-0.05, 0) is 17.5 Å². The van der Waals surface area contributed by atoms with Crippen molar-refractivity contribution in [1.29, 1.82) is 0 Å². The molecule has 1 atom stereocenters. The molecule has 1 aliphatic heterocycles. The fourth-order valence-electron chi connectivity index (χ4n) is 2.87. The lowest BCUT2D eigenvalue weighted by molar-refractivity contribution is -0.386. The van der Waals surface area contributed by atoms with E-state index in [0.29, 0.717) is 13.1 Å². The summed E-state index contributed by atoms with van der Waals surface area (Å²) in [5, 5.41) is 26.5. The van der Waals surface area contributed by atoms with Crippen molar-refractivity contribution in [3.05, 3.63) is 56.0 Å². The van der Waals surface area contributed by atoms with Crippen molar-refractivity contribution in [2.45, 2.75) is 6.04 Å². The Hall–Kier alpha value is -1.45. The normalized spacial score (nSPS) is 15.7. The van der Waals surface area contributed by atoms with E-state index in [0.717, 1.165) is 24.0 Å². The maximum Gasteiger partial charge on any atom is 0.313 e. The molecule has 1 fully saturated rings. The lowest BCUT2D eigenvalue weighted by Gasteiger charge is -2.34. The zero-order valence-corrected chi connectivity index (χ0v) is 15.5. The van der Waals surface area contributed by atoms with Crippen molar-refractivity contribution in [2.24, 2.45) is 0 Å². The number of aromatic hydroxyl groups is 1. The van der Waals surface area contributed by atoms with E-state index in [4.69, 9.17) is 0 Å². The van der Waals surface area contributed by atoms with Crippen molar-refractivity contribution in [1.82, 2.24) is 10.2 Å². The Bertz CT molecular complexity index is 712. The molecule has 1 aromatic heterocycles. The minimum atomic E-state index is -0.759. The Morgan fingerprint density at radius 1 is 1.32 bits per heavy atom. The molecule has 1 aromatic carbocycles. The summed E-state index contributed by atoms with van der Waals surface area (Å²) in [5.74, 6) is -1.19. The summed E-state index contributed by atoms with van der Waals surface area (Å²) in [6, 6.07) is 5.32. The number of nitrogens with one attached hydrogen (secondary N) is 1. The van der Waals surface area contributed by atoms with Gasteiger partial charge in [0.1, 0.15) is 5.82 Å². The molecule has 1 saturated heterocycles. The number of benzene rings is 1. The summed E-state index contributed by atoms with van der Waals surface area (Å²) >= 11 is 1.48. The molecule has 25 heavy (non-hydrogen) atoms. The molecule has 1 aliphatic rings. The van der Waals surface area contributed by atoms with Gasteiger partial charge in [0.2, 0.25) is 0 Å². The molecule has 0 aliphatic carbocycles. The smallest absolute Gasteiger partial charge is 0.313 e. The van der Waals surface area contributed by atoms with Gasteiger partial charge < -0.3 is 10.4 Å². The van der Waals surface area contributed by atoms with Gasteiger partial charge in [0.05, 0.1) is 17.0 Å². The lowest BCUT2D eigenvalue weighted by Crippen LogP contribution is -2.45. The Labute approximate surface area is 160 Å². The third kappa shape index (κ3) is 4.59. The van der Waals surface area contributed by atoms with Crippen LogP contribution in [0.5, 0.6) is 5.75 Å². The molecule has 0 radical (unpaired) electrons. The van der Waals surface area contributed by atoms with Gasteiger partial charge in [-0.2, -0.15) is 0 Å². The van der Waals surface area contributed by atoms with Crippen molar-refractivity contribution in [3.8, 4) is 5.75 Å². The van der Waals surface area contributed by atoms with Crippen LogP contribution in [0.2, 0.25) is 0 Å². The predicted molar refractivity (Wildman–Crippen MR) is 99.8 cm³/mol. The largest absolute Gasteiger partial charge is 0.502 e. The Morgan fingerprint density at radius 3 is 2.56 bits per heavy atom. The summed E-state index contributed by atoms with van der Waals surface area (Å²) in [6.45, 7) is 2.98. The number of nitro benzene ring substituents is 1. The molecule has 10 heteroatoms. The fraction of sp³-hybridized carbons (Fsp3) is 0.333. The monoisotopic (exact) mass is 409 g/mol. The van der Waals surface area contributed by atoms with Crippen molar-refractivity contribution in [2.75, 3.05) is 26.2 Å². The van der Waals surface area contributed by atoms with Gasteiger partial charge in [0.25, 0.3) is 0 Å². The molecule has 6 nitrogen and oxygen atoms in total. The molecular weight excluding hydrogens is 392 g/mol. The summed E-state index contributed by atoms with van der Waals surface area (Å²) < 4.78 is 13.9. The van der Waals surface area contributed by atoms with Crippen LogP contribution in [-0.2, 0) is 0 Å². The highest BCUT2D eigenvalue weighted by Crippen LogP contribution is 2.41. The van der Waals surface area contributed by atoms with E-state index >= 15 is 0 Å². The first kappa shape index (κ1) is 21.6. The second-order valence-electron chi connectivity index (χ2n) is 5.32.